The molecule has 2 heterocycles. The van der Waals surface area contributed by atoms with E-state index in [4.69, 9.17) is 21.8 Å². The minimum absolute atomic E-state index is 0.000215. The molecule has 4 fully saturated rings. The number of nitrogens with zero attached hydrogens (tertiary/aromatic N) is 4. The fraction of sp³-hybridized carbons (Fsp3) is 0.406. The van der Waals surface area contributed by atoms with Crippen molar-refractivity contribution in [3.63, 3.8) is 0 Å². The molecule has 0 saturated heterocycles. The van der Waals surface area contributed by atoms with Crippen LogP contribution in [0.4, 0.5) is 5.69 Å². The molecule has 0 atom stereocenters. The van der Waals surface area contributed by atoms with E-state index < -0.39 is 0 Å². The van der Waals surface area contributed by atoms with Crippen LogP contribution >= 0.6 is 11.6 Å². The van der Waals surface area contributed by atoms with Gasteiger partial charge in [0.2, 0.25) is 0 Å². The van der Waals surface area contributed by atoms with Crippen LogP contribution in [-0.2, 0) is 12.0 Å². The molecule has 0 radical (unpaired) electrons. The average molecular weight is 540 g/mol. The summed E-state index contributed by atoms with van der Waals surface area (Å²) in [5.41, 5.74) is 6.11. The summed E-state index contributed by atoms with van der Waals surface area (Å²) < 4.78 is 3.82. The van der Waals surface area contributed by atoms with Crippen molar-refractivity contribution in [3.05, 3.63) is 94.0 Å². The molecule has 0 unspecified atom stereocenters. The molecule has 6 nitrogen and oxygen atoms in total. The molecule has 200 valence electrons. The summed E-state index contributed by atoms with van der Waals surface area (Å²) >= 11 is 6.42. The van der Waals surface area contributed by atoms with E-state index in [-0.39, 0.29) is 11.3 Å². The van der Waals surface area contributed by atoms with Crippen LogP contribution in [0.1, 0.15) is 71.5 Å². The van der Waals surface area contributed by atoms with Crippen LogP contribution in [-0.4, -0.2) is 25.5 Å². The second kappa shape index (κ2) is 9.37. The fourth-order valence-electron chi connectivity index (χ4n) is 8.05. The number of carbonyl (C=O) groups excluding carboxylic acids is 1. The van der Waals surface area contributed by atoms with Gasteiger partial charge in [-0.2, -0.15) is 10.2 Å². The van der Waals surface area contributed by atoms with Crippen LogP contribution in [0.2, 0.25) is 5.02 Å². The molecule has 2 aromatic carbocycles. The minimum atomic E-state index is -0.105. The molecule has 4 aliphatic carbocycles. The van der Waals surface area contributed by atoms with Gasteiger partial charge in [-0.05, 0) is 93.9 Å². The monoisotopic (exact) mass is 539 g/mol. The van der Waals surface area contributed by atoms with Gasteiger partial charge in [-0.25, -0.2) is 4.68 Å². The lowest BCUT2D eigenvalue weighted by Crippen LogP contribution is -2.49. The number of amides is 1. The normalized spacial score (nSPS) is 25.3. The highest BCUT2D eigenvalue weighted by Gasteiger charge is 2.54. The van der Waals surface area contributed by atoms with Gasteiger partial charge in [-0.3, -0.25) is 9.48 Å². The first-order valence-electron chi connectivity index (χ1n) is 14.1. The van der Waals surface area contributed by atoms with E-state index in [0.29, 0.717) is 17.1 Å². The quantitative estimate of drug-likeness (QED) is 0.284. The third-order valence-electron chi connectivity index (χ3n) is 9.42. The molecule has 4 aliphatic rings. The fourth-order valence-corrected chi connectivity index (χ4v) is 8.24. The van der Waals surface area contributed by atoms with Crippen molar-refractivity contribution in [1.82, 2.24) is 19.6 Å². The molecule has 1 amide bonds. The number of anilines is 1. The van der Waals surface area contributed by atoms with Crippen LogP contribution in [0.3, 0.4) is 0 Å². The average Bonchev–Trinajstić information content (AvgIpc) is 3.48. The van der Waals surface area contributed by atoms with Crippen LogP contribution in [0.25, 0.3) is 5.69 Å². The number of hydrogen-bond acceptors (Lipinski definition) is 3. The van der Waals surface area contributed by atoms with E-state index in [9.17, 15) is 4.79 Å². The molecule has 8 rings (SSSR count). The molecule has 0 aliphatic heterocycles. The highest BCUT2D eigenvalue weighted by molar-refractivity contribution is 6.31. The summed E-state index contributed by atoms with van der Waals surface area (Å²) in [6.07, 6.45) is 9.45. The molecule has 39 heavy (non-hydrogen) atoms. The summed E-state index contributed by atoms with van der Waals surface area (Å²) in [5.74, 6) is 2.19. The molecule has 1 N–H and O–H groups in total. The summed E-state index contributed by atoms with van der Waals surface area (Å²) in [7, 11) is 0. The Morgan fingerprint density at radius 1 is 0.949 bits per heavy atom. The number of aryl methyl sites for hydroxylation is 1. The van der Waals surface area contributed by atoms with E-state index in [2.05, 4.69) is 5.32 Å². The number of hydrogen-bond donors (Lipinski definition) is 1. The van der Waals surface area contributed by atoms with E-state index in [0.717, 1.165) is 71.0 Å². The topological polar surface area (TPSA) is 64.7 Å². The number of carbonyl (C=O) groups is 1. The largest absolute Gasteiger partial charge is 0.319 e. The zero-order valence-electron chi connectivity index (χ0n) is 22.5. The third-order valence-corrected chi connectivity index (χ3v) is 9.79. The van der Waals surface area contributed by atoms with Gasteiger partial charge < -0.3 is 5.32 Å². The first-order chi connectivity index (χ1) is 18.9. The molecule has 4 saturated carbocycles. The smallest absolute Gasteiger partial charge is 0.259 e. The van der Waals surface area contributed by atoms with Crippen molar-refractivity contribution >= 4 is 23.2 Å². The van der Waals surface area contributed by atoms with E-state index in [1.807, 2.05) is 84.0 Å². The predicted octanol–water partition coefficient (Wildman–Crippen LogP) is 7.11. The molecular weight excluding hydrogens is 506 g/mol. The molecule has 0 spiro atoms. The van der Waals surface area contributed by atoms with Crippen molar-refractivity contribution in [2.75, 3.05) is 5.32 Å². The Balaban J connectivity index is 1.24. The van der Waals surface area contributed by atoms with Crippen LogP contribution in [0.15, 0.2) is 60.8 Å². The van der Waals surface area contributed by atoms with Gasteiger partial charge in [-0.15, -0.1) is 0 Å². The Hall–Kier alpha value is -3.38. The lowest BCUT2D eigenvalue weighted by molar-refractivity contribution is -0.00765. The first kappa shape index (κ1) is 24.6. The highest BCUT2D eigenvalue weighted by atomic mass is 35.5. The van der Waals surface area contributed by atoms with Gasteiger partial charge in [0.25, 0.3) is 5.91 Å². The standard InChI is InChI=1S/C32H34ClN5O/c1-20-29(21(2)37(35-20)18-25-8-6-7-11-28(25)33)34-31(39)27-19-38(26-9-4-3-5-10-26)36-30(27)32-15-22-12-23(16-32)14-24(13-22)17-32/h3-11,19,22-24H,12-18H2,1-2H3,(H,34,39). The van der Waals surface area contributed by atoms with Gasteiger partial charge in [0.05, 0.1) is 40.6 Å². The lowest BCUT2D eigenvalue weighted by Gasteiger charge is -2.56. The Morgan fingerprint density at radius 3 is 2.26 bits per heavy atom. The molecule has 4 aromatic rings. The van der Waals surface area contributed by atoms with Crippen molar-refractivity contribution in [3.8, 4) is 5.69 Å². The van der Waals surface area contributed by atoms with Gasteiger partial charge in [0, 0.05) is 16.6 Å². The maximum atomic E-state index is 14.1. The maximum Gasteiger partial charge on any atom is 0.259 e. The lowest BCUT2D eigenvalue weighted by atomic mass is 9.48. The number of nitrogens with one attached hydrogen (secondary N) is 1. The Bertz CT molecular complexity index is 1520. The van der Waals surface area contributed by atoms with Crippen molar-refractivity contribution < 1.29 is 4.79 Å². The zero-order valence-corrected chi connectivity index (χ0v) is 23.3. The van der Waals surface area contributed by atoms with Gasteiger partial charge >= 0.3 is 0 Å². The third kappa shape index (κ3) is 4.29. The van der Waals surface area contributed by atoms with Gasteiger partial charge in [0.15, 0.2) is 0 Å². The molecule has 7 heteroatoms. The van der Waals surface area contributed by atoms with Crippen molar-refractivity contribution in [1.29, 1.82) is 0 Å². The van der Waals surface area contributed by atoms with E-state index in [1.165, 1.54) is 19.3 Å². The SMILES string of the molecule is Cc1nn(Cc2ccccc2Cl)c(C)c1NC(=O)c1cn(-c2ccccc2)nc1C12CC3CC(CC(C3)C1)C2. The van der Waals surface area contributed by atoms with Crippen molar-refractivity contribution in [2.24, 2.45) is 17.8 Å². The van der Waals surface area contributed by atoms with Crippen molar-refractivity contribution in [2.45, 2.75) is 64.3 Å². The van der Waals surface area contributed by atoms with Crippen LogP contribution < -0.4 is 5.32 Å². The van der Waals surface area contributed by atoms with E-state index in [1.54, 1.807) is 0 Å². The number of para-hydroxylation sites is 1. The Morgan fingerprint density at radius 2 is 1.59 bits per heavy atom. The minimum Gasteiger partial charge on any atom is -0.319 e. The number of rotatable bonds is 6. The van der Waals surface area contributed by atoms with Crippen LogP contribution in [0.5, 0.6) is 0 Å². The maximum absolute atomic E-state index is 14.1. The number of halogens is 1. The summed E-state index contributed by atoms with van der Waals surface area (Å²) in [5, 5.41) is 13.9. The Labute approximate surface area is 234 Å². The summed E-state index contributed by atoms with van der Waals surface area (Å²) in [4.78, 5) is 14.1. The molecule has 4 bridgehead atoms. The number of aromatic nitrogens is 4. The second-order valence-corrected chi connectivity index (χ2v) is 12.5. The van der Waals surface area contributed by atoms with Gasteiger partial charge in [-0.1, -0.05) is 48.0 Å². The number of benzene rings is 2. The molecule has 2 aromatic heterocycles. The first-order valence-corrected chi connectivity index (χ1v) is 14.5. The Kier molecular flexibility index (Phi) is 5.92. The zero-order chi connectivity index (χ0) is 26.7. The summed E-state index contributed by atoms with van der Waals surface area (Å²) in [6.45, 7) is 4.49. The summed E-state index contributed by atoms with van der Waals surface area (Å²) in [6, 6.07) is 17.9. The predicted molar refractivity (Wildman–Crippen MR) is 154 cm³/mol. The second-order valence-electron chi connectivity index (χ2n) is 12.1. The molecular formula is C32H34ClN5O. The van der Waals surface area contributed by atoms with E-state index >= 15 is 0 Å². The highest BCUT2D eigenvalue weighted by Crippen LogP contribution is 2.61. The van der Waals surface area contributed by atoms with Crippen LogP contribution in [0, 0.1) is 31.6 Å². The van der Waals surface area contributed by atoms with Gasteiger partial charge in [0.1, 0.15) is 0 Å².